The van der Waals surface area contributed by atoms with Gasteiger partial charge in [-0.05, 0) is 91.8 Å². The Bertz CT molecular complexity index is 800. The molecule has 0 saturated heterocycles. The molecule has 7 atom stereocenters. The maximum atomic E-state index is 12.3. The molecule has 4 nitrogen and oxygen atoms in total. The van der Waals surface area contributed by atoms with Gasteiger partial charge in [-0.2, -0.15) is 0 Å². The fraction of sp³-hybridized carbons (Fsp3) is 0.871. The number of carbonyl (C=O) groups is 2. The first-order valence-electron chi connectivity index (χ1n) is 14.6. The maximum absolute atomic E-state index is 12.3. The van der Waals surface area contributed by atoms with Gasteiger partial charge in [-0.15, -0.1) is 0 Å². The molecule has 198 valence electrons. The Kier molecular flexibility index (Phi) is 8.38. The largest absolute Gasteiger partial charge is 0.469 e. The molecule has 3 saturated carbocycles. The van der Waals surface area contributed by atoms with Crippen molar-refractivity contribution in [3.05, 3.63) is 11.6 Å². The zero-order valence-corrected chi connectivity index (χ0v) is 23.1. The third kappa shape index (κ3) is 5.52. The number of hydrogen-bond donors (Lipinski definition) is 0. The zero-order valence-electron chi connectivity index (χ0n) is 23.1. The minimum Gasteiger partial charge on any atom is -0.469 e. The number of esters is 2. The van der Waals surface area contributed by atoms with E-state index >= 15 is 0 Å². The lowest BCUT2D eigenvalue weighted by Gasteiger charge is -2.58. The number of ether oxygens (including phenoxy) is 2. The number of allylic oxidation sites excluding steroid dienone is 1. The van der Waals surface area contributed by atoms with E-state index in [-0.39, 0.29) is 36.3 Å². The topological polar surface area (TPSA) is 52.6 Å². The number of methoxy groups -OCH3 is 1. The van der Waals surface area contributed by atoms with Crippen LogP contribution >= 0.6 is 0 Å². The lowest BCUT2D eigenvalue weighted by Crippen LogP contribution is -2.50. The molecule has 35 heavy (non-hydrogen) atoms. The van der Waals surface area contributed by atoms with Crippen molar-refractivity contribution in [1.29, 1.82) is 0 Å². The number of carbonyl (C=O) groups excluding carboxylic acids is 2. The Morgan fingerprint density at radius 3 is 2.51 bits per heavy atom. The fourth-order valence-electron chi connectivity index (χ4n) is 8.81. The molecule has 4 heteroatoms. The second-order valence-electron chi connectivity index (χ2n) is 13.2. The molecule has 0 heterocycles. The number of rotatable bonds is 9. The van der Waals surface area contributed by atoms with Crippen LogP contribution < -0.4 is 0 Å². The van der Waals surface area contributed by atoms with E-state index in [4.69, 9.17) is 4.74 Å². The smallest absolute Gasteiger partial charge is 0.306 e. The monoisotopic (exact) mass is 486 g/mol. The average molecular weight is 487 g/mol. The van der Waals surface area contributed by atoms with E-state index in [1.165, 1.54) is 64.9 Å². The zero-order chi connectivity index (χ0) is 25.2. The second-order valence-corrected chi connectivity index (χ2v) is 13.2. The van der Waals surface area contributed by atoms with Crippen molar-refractivity contribution in [3.8, 4) is 0 Å². The molecule has 0 aromatic heterocycles. The van der Waals surface area contributed by atoms with Gasteiger partial charge in [0, 0.05) is 6.42 Å². The van der Waals surface area contributed by atoms with Gasteiger partial charge in [-0.1, -0.05) is 58.6 Å². The van der Waals surface area contributed by atoms with Crippen LogP contribution in [-0.2, 0) is 19.1 Å². The van der Waals surface area contributed by atoms with Crippen molar-refractivity contribution in [2.75, 3.05) is 7.11 Å². The molecule has 0 spiro atoms. The SMILES string of the molecule is COC(=O)CCC(=O)OC1CCC2(C)C(=CCC3C2CCC2(C)C(CCCCC(C)C)CCC32)C1. The van der Waals surface area contributed by atoms with Gasteiger partial charge in [-0.25, -0.2) is 0 Å². The predicted octanol–water partition coefficient (Wildman–Crippen LogP) is 7.65. The van der Waals surface area contributed by atoms with Gasteiger partial charge in [0.25, 0.3) is 0 Å². The van der Waals surface area contributed by atoms with Gasteiger partial charge in [0.2, 0.25) is 0 Å². The Labute approximate surface area is 214 Å². The van der Waals surface area contributed by atoms with E-state index in [0.717, 1.165) is 48.9 Å². The molecule has 0 N–H and O–H groups in total. The summed E-state index contributed by atoms with van der Waals surface area (Å²) >= 11 is 0. The van der Waals surface area contributed by atoms with Crippen molar-refractivity contribution in [2.24, 2.45) is 40.4 Å². The quantitative estimate of drug-likeness (QED) is 0.191. The maximum Gasteiger partial charge on any atom is 0.306 e. The van der Waals surface area contributed by atoms with Crippen LogP contribution in [0.4, 0.5) is 0 Å². The first kappa shape index (κ1) is 26.7. The van der Waals surface area contributed by atoms with Gasteiger partial charge in [0.15, 0.2) is 0 Å². The van der Waals surface area contributed by atoms with Crippen molar-refractivity contribution in [2.45, 2.75) is 124 Å². The van der Waals surface area contributed by atoms with E-state index in [9.17, 15) is 9.59 Å². The number of fused-ring (bicyclic) bond motifs is 5. The molecular formula is C31H50O4. The summed E-state index contributed by atoms with van der Waals surface area (Å²) in [7, 11) is 1.35. The predicted molar refractivity (Wildman–Crippen MR) is 140 cm³/mol. The Balaban J connectivity index is 1.36. The lowest BCUT2D eigenvalue weighted by atomic mass is 9.47. The van der Waals surface area contributed by atoms with E-state index in [2.05, 4.69) is 38.5 Å². The Morgan fingerprint density at radius 2 is 1.77 bits per heavy atom. The minimum absolute atomic E-state index is 0.0356. The highest BCUT2D eigenvalue weighted by Crippen LogP contribution is 2.66. The van der Waals surface area contributed by atoms with Gasteiger partial charge in [0.1, 0.15) is 6.10 Å². The van der Waals surface area contributed by atoms with Crippen molar-refractivity contribution in [1.82, 2.24) is 0 Å². The fourth-order valence-corrected chi connectivity index (χ4v) is 8.81. The van der Waals surface area contributed by atoms with Crippen LogP contribution in [0.1, 0.15) is 118 Å². The minimum atomic E-state index is -0.354. The van der Waals surface area contributed by atoms with Crippen LogP contribution in [0.15, 0.2) is 11.6 Å². The lowest BCUT2D eigenvalue weighted by molar-refractivity contribution is -0.154. The van der Waals surface area contributed by atoms with E-state index < -0.39 is 0 Å². The van der Waals surface area contributed by atoms with Crippen LogP contribution in [-0.4, -0.2) is 25.2 Å². The third-order valence-electron chi connectivity index (χ3n) is 10.9. The van der Waals surface area contributed by atoms with Crippen LogP contribution in [0.25, 0.3) is 0 Å². The molecule has 4 aliphatic rings. The standard InChI is InChI=1S/C31H50O4/c1-21(2)8-6-7-9-22-11-13-26-25-12-10-23-20-24(35-29(33)15-14-28(32)34-5)16-18-31(23,4)27(25)17-19-30(22,26)3/h10,21-22,24-27H,6-9,11-20H2,1-5H3. The highest BCUT2D eigenvalue weighted by molar-refractivity contribution is 5.77. The first-order valence-corrected chi connectivity index (χ1v) is 14.6. The van der Waals surface area contributed by atoms with Gasteiger partial charge in [-0.3, -0.25) is 9.59 Å². The summed E-state index contributed by atoms with van der Waals surface area (Å²) in [5, 5.41) is 0. The summed E-state index contributed by atoms with van der Waals surface area (Å²) in [4.78, 5) is 23.6. The van der Waals surface area contributed by atoms with E-state index in [1.807, 2.05) is 0 Å². The summed E-state index contributed by atoms with van der Waals surface area (Å²) in [6, 6.07) is 0. The normalized spacial score (nSPS) is 38.2. The molecular weight excluding hydrogens is 436 g/mol. The molecule has 0 aromatic carbocycles. The Hall–Kier alpha value is -1.32. The average Bonchev–Trinajstić information content (AvgIpc) is 3.16. The molecule has 0 bridgehead atoms. The number of unbranched alkanes of at least 4 members (excludes halogenated alkanes) is 1. The molecule has 4 rings (SSSR count). The summed E-state index contributed by atoms with van der Waals surface area (Å²) < 4.78 is 10.4. The van der Waals surface area contributed by atoms with Crippen LogP contribution in [0.3, 0.4) is 0 Å². The molecule has 0 aromatic rings. The van der Waals surface area contributed by atoms with Crippen LogP contribution in [0.5, 0.6) is 0 Å². The van der Waals surface area contributed by atoms with Gasteiger partial charge >= 0.3 is 11.9 Å². The highest BCUT2D eigenvalue weighted by Gasteiger charge is 2.58. The van der Waals surface area contributed by atoms with Crippen molar-refractivity contribution >= 4 is 11.9 Å². The van der Waals surface area contributed by atoms with E-state index in [1.54, 1.807) is 5.57 Å². The molecule has 0 amide bonds. The summed E-state index contributed by atoms with van der Waals surface area (Å²) in [6.07, 6.45) is 18.2. The molecule has 0 radical (unpaired) electrons. The first-order chi connectivity index (χ1) is 16.7. The van der Waals surface area contributed by atoms with E-state index in [0.29, 0.717) is 5.41 Å². The molecule has 0 aliphatic heterocycles. The molecule has 4 aliphatic carbocycles. The summed E-state index contributed by atoms with van der Waals surface area (Å²) in [5.41, 5.74) is 2.37. The van der Waals surface area contributed by atoms with Gasteiger partial charge < -0.3 is 9.47 Å². The third-order valence-corrected chi connectivity index (χ3v) is 10.9. The highest BCUT2D eigenvalue weighted by atomic mass is 16.5. The Morgan fingerprint density at radius 1 is 1.00 bits per heavy atom. The molecule has 7 unspecified atom stereocenters. The second kappa shape index (κ2) is 11.0. The van der Waals surface area contributed by atoms with Crippen LogP contribution in [0, 0.1) is 40.4 Å². The van der Waals surface area contributed by atoms with Gasteiger partial charge in [0.05, 0.1) is 20.0 Å². The molecule has 3 fully saturated rings. The number of hydrogen-bond acceptors (Lipinski definition) is 4. The summed E-state index contributed by atoms with van der Waals surface area (Å²) in [5.74, 6) is 3.66. The van der Waals surface area contributed by atoms with Crippen molar-refractivity contribution in [3.63, 3.8) is 0 Å². The van der Waals surface area contributed by atoms with Crippen LogP contribution in [0.2, 0.25) is 0 Å². The summed E-state index contributed by atoms with van der Waals surface area (Å²) in [6.45, 7) is 9.87. The van der Waals surface area contributed by atoms with Crippen molar-refractivity contribution < 1.29 is 19.1 Å².